The van der Waals surface area contributed by atoms with Gasteiger partial charge in [-0.3, -0.25) is 4.79 Å². The number of aromatic amines is 1. The van der Waals surface area contributed by atoms with Crippen molar-refractivity contribution in [1.29, 1.82) is 0 Å². The second kappa shape index (κ2) is 7.18. The smallest absolute Gasteiger partial charge is 0.222 e. The van der Waals surface area contributed by atoms with Crippen LogP contribution in [-0.4, -0.2) is 40.6 Å². The molecule has 1 aliphatic rings. The Morgan fingerprint density at radius 1 is 1.30 bits per heavy atom. The van der Waals surface area contributed by atoms with E-state index in [1.807, 2.05) is 11.0 Å². The monoisotopic (exact) mass is 314 g/mol. The molecule has 0 saturated carbocycles. The lowest BCUT2D eigenvalue weighted by Gasteiger charge is -2.38. The third-order valence-corrected chi connectivity index (χ3v) is 5.26. The SMILES string of the molecule is CC[C@@H]1CN(CCc2c[nH]c3ccccc23)C(=O)C[C@@H]1CCO. The molecule has 2 heterocycles. The van der Waals surface area contributed by atoms with Gasteiger partial charge in [-0.05, 0) is 36.3 Å². The number of rotatable bonds is 6. The van der Waals surface area contributed by atoms with Crippen molar-refractivity contribution >= 4 is 16.8 Å². The lowest BCUT2D eigenvalue weighted by atomic mass is 9.81. The number of para-hydroxylation sites is 1. The van der Waals surface area contributed by atoms with E-state index in [9.17, 15) is 9.90 Å². The van der Waals surface area contributed by atoms with Gasteiger partial charge in [-0.25, -0.2) is 0 Å². The highest BCUT2D eigenvalue weighted by Gasteiger charge is 2.32. The molecule has 0 bridgehead atoms. The summed E-state index contributed by atoms with van der Waals surface area (Å²) in [7, 11) is 0. The highest BCUT2D eigenvalue weighted by atomic mass is 16.3. The molecule has 1 aromatic heterocycles. The number of carbonyl (C=O) groups is 1. The van der Waals surface area contributed by atoms with Crippen LogP contribution in [0.3, 0.4) is 0 Å². The number of aromatic nitrogens is 1. The summed E-state index contributed by atoms with van der Waals surface area (Å²) in [4.78, 5) is 17.7. The predicted molar refractivity (Wildman–Crippen MR) is 92.2 cm³/mol. The summed E-state index contributed by atoms with van der Waals surface area (Å²) >= 11 is 0. The Hall–Kier alpha value is -1.81. The van der Waals surface area contributed by atoms with Crippen LogP contribution >= 0.6 is 0 Å². The van der Waals surface area contributed by atoms with Gasteiger partial charge in [0, 0.05) is 43.2 Å². The summed E-state index contributed by atoms with van der Waals surface area (Å²) in [6.45, 7) is 3.98. The van der Waals surface area contributed by atoms with Crippen LogP contribution in [0.1, 0.15) is 31.7 Å². The van der Waals surface area contributed by atoms with Gasteiger partial charge in [-0.1, -0.05) is 31.5 Å². The molecule has 2 N–H and O–H groups in total. The van der Waals surface area contributed by atoms with Crippen molar-refractivity contribution in [2.24, 2.45) is 11.8 Å². The number of aliphatic hydroxyl groups is 1. The summed E-state index contributed by atoms with van der Waals surface area (Å²) < 4.78 is 0. The van der Waals surface area contributed by atoms with Crippen LogP contribution in [0.5, 0.6) is 0 Å². The lowest BCUT2D eigenvalue weighted by molar-refractivity contribution is -0.137. The van der Waals surface area contributed by atoms with Crippen LogP contribution in [0.4, 0.5) is 0 Å². The van der Waals surface area contributed by atoms with Crippen molar-refractivity contribution in [2.75, 3.05) is 19.7 Å². The second-order valence-electron chi connectivity index (χ2n) is 6.59. The fourth-order valence-electron chi connectivity index (χ4n) is 3.83. The molecule has 2 aromatic rings. The topological polar surface area (TPSA) is 56.3 Å². The first-order valence-electron chi connectivity index (χ1n) is 8.66. The standard InChI is InChI=1S/C19H26N2O2/c1-2-14-13-21(19(23)11-15(14)8-10-22)9-7-16-12-20-18-6-4-3-5-17(16)18/h3-6,12,14-15,20,22H,2,7-11,13H2,1H3/t14-,15+/m1/s1. The van der Waals surface area contributed by atoms with E-state index in [0.717, 1.165) is 37.9 Å². The highest BCUT2D eigenvalue weighted by Crippen LogP contribution is 2.30. The number of piperidine rings is 1. The van der Waals surface area contributed by atoms with E-state index >= 15 is 0 Å². The molecule has 23 heavy (non-hydrogen) atoms. The van der Waals surface area contributed by atoms with Gasteiger partial charge in [0.1, 0.15) is 0 Å². The van der Waals surface area contributed by atoms with Crippen LogP contribution in [0.15, 0.2) is 30.5 Å². The number of hydrogen-bond donors (Lipinski definition) is 2. The van der Waals surface area contributed by atoms with Crippen molar-refractivity contribution in [3.05, 3.63) is 36.0 Å². The van der Waals surface area contributed by atoms with Gasteiger partial charge in [0.15, 0.2) is 0 Å². The van der Waals surface area contributed by atoms with E-state index < -0.39 is 0 Å². The number of nitrogens with zero attached hydrogens (tertiary/aromatic N) is 1. The van der Waals surface area contributed by atoms with Gasteiger partial charge in [-0.15, -0.1) is 0 Å². The van der Waals surface area contributed by atoms with Crippen LogP contribution in [0, 0.1) is 11.8 Å². The van der Waals surface area contributed by atoms with Crippen LogP contribution in [-0.2, 0) is 11.2 Å². The minimum atomic E-state index is 0.184. The number of carbonyl (C=O) groups excluding carboxylic acids is 1. The average Bonchev–Trinajstić information content (AvgIpc) is 2.98. The molecule has 0 radical (unpaired) electrons. The van der Waals surface area contributed by atoms with Gasteiger partial charge in [0.2, 0.25) is 5.91 Å². The molecular formula is C19H26N2O2. The Balaban J connectivity index is 1.65. The van der Waals surface area contributed by atoms with Crippen LogP contribution in [0.2, 0.25) is 0 Å². The van der Waals surface area contributed by atoms with E-state index in [1.165, 1.54) is 10.9 Å². The maximum atomic E-state index is 12.4. The largest absolute Gasteiger partial charge is 0.396 e. The Bertz CT molecular complexity index is 664. The van der Waals surface area contributed by atoms with Crippen molar-refractivity contribution in [1.82, 2.24) is 9.88 Å². The van der Waals surface area contributed by atoms with Crippen molar-refractivity contribution in [2.45, 2.75) is 32.6 Å². The number of aliphatic hydroxyl groups excluding tert-OH is 1. The van der Waals surface area contributed by atoms with Gasteiger partial charge in [-0.2, -0.15) is 0 Å². The summed E-state index contributed by atoms with van der Waals surface area (Å²) in [6.07, 6.45) is 5.36. The third-order valence-electron chi connectivity index (χ3n) is 5.26. The van der Waals surface area contributed by atoms with E-state index in [2.05, 4.69) is 36.3 Å². The van der Waals surface area contributed by atoms with E-state index in [1.54, 1.807) is 0 Å². The zero-order valence-corrected chi connectivity index (χ0v) is 13.8. The molecule has 4 nitrogen and oxygen atoms in total. The molecule has 0 aliphatic carbocycles. The van der Waals surface area contributed by atoms with Crippen molar-refractivity contribution < 1.29 is 9.90 Å². The molecule has 1 aromatic carbocycles. The molecular weight excluding hydrogens is 288 g/mol. The van der Waals surface area contributed by atoms with Crippen molar-refractivity contribution in [3.63, 3.8) is 0 Å². The summed E-state index contributed by atoms with van der Waals surface area (Å²) in [5.41, 5.74) is 2.43. The van der Waals surface area contributed by atoms with Crippen LogP contribution < -0.4 is 0 Å². The van der Waals surface area contributed by atoms with Gasteiger partial charge in [0.05, 0.1) is 0 Å². The number of H-pyrrole nitrogens is 1. The summed E-state index contributed by atoms with van der Waals surface area (Å²) in [6, 6.07) is 8.30. The quantitative estimate of drug-likeness (QED) is 0.861. The van der Waals surface area contributed by atoms with Crippen molar-refractivity contribution in [3.8, 4) is 0 Å². The average molecular weight is 314 g/mol. The Morgan fingerprint density at radius 2 is 2.13 bits per heavy atom. The number of fused-ring (bicyclic) bond motifs is 1. The third kappa shape index (κ3) is 3.42. The summed E-state index contributed by atoms with van der Waals surface area (Å²) in [5, 5.41) is 10.4. The highest BCUT2D eigenvalue weighted by molar-refractivity contribution is 5.83. The number of hydrogen-bond acceptors (Lipinski definition) is 2. The lowest BCUT2D eigenvalue weighted by Crippen LogP contribution is -2.45. The van der Waals surface area contributed by atoms with E-state index in [0.29, 0.717) is 18.3 Å². The van der Waals surface area contributed by atoms with Gasteiger partial charge >= 0.3 is 0 Å². The van der Waals surface area contributed by atoms with E-state index in [4.69, 9.17) is 0 Å². The van der Waals surface area contributed by atoms with Crippen LogP contribution in [0.25, 0.3) is 10.9 Å². The number of likely N-dealkylation sites (tertiary alicyclic amines) is 1. The minimum Gasteiger partial charge on any atom is -0.396 e. The molecule has 2 atom stereocenters. The first kappa shape index (κ1) is 16.1. The molecule has 0 unspecified atom stereocenters. The normalized spacial score (nSPS) is 22.0. The Labute approximate surface area is 137 Å². The predicted octanol–water partition coefficient (Wildman–Crippen LogP) is 2.97. The van der Waals surface area contributed by atoms with E-state index in [-0.39, 0.29) is 12.5 Å². The number of benzene rings is 1. The maximum absolute atomic E-state index is 12.4. The second-order valence-corrected chi connectivity index (χ2v) is 6.59. The molecule has 4 heteroatoms. The Kier molecular flexibility index (Phi) is 5.01. The molecule has 124 valence electrons. The first-order chi connectivity index (χ1) is 11.2. The fraction of sp³-hybridized carbons (Fsp3) is 0.526. The molecule has 1 aliphatic heterocycles. The zero-order chi connectivity index (χ0) is 16.2. The molecule has 3 rings (SSSR count). The fourth-order valence-corrected chi connectivity index (χ4v) is 3.83. The molecule has 1 amide bonds. The maximum Gasteiger partial charge on any atom is 0.222 e. The molecule has 1 saturated heterocycles. The molecule has 1 fully saturated rings. The molecule has 0 spiro atoms. The number of amides is 1. The first-order valence-corrected chi connectivity index (χ1v) is 8.66. The minimum absolute atomic E-state index is 0.184. The number of nitrogens with one attached hydrogen (secondary N) is 1. The zero-order valence-electron chi connectivity index (χ0n) is 13.8. The van der Waals surface area contributed by atoms with Gasteiger partial charge in [0.25, 0.3) is 0 Å². The summed E-state index contributed by atoms with van der Waals surface area (Å²) in [5.74, 6) is 1.11. The Morgan fingerprint density at radius 3 is 2.91 bits per heavy atom. The van der Waals surface area contributed by atoms with Gasteiger partial charge < -0.3 is 15.0 Å².